The quantitative estimate of drug-likeness (QED) is 0.850. The molecule has 120 valence electrons. The SMILES string of the molecule is CN(C)C(=O)[C@@H]1C[C@H]2CCN(CCc3ccccc3)C[C@H]2O1. The van der Waals surface area contributed by atoms with Gasteiger partial charge in [-0.25, -0.2) is 0 Å². The van der Waals surface area contributed by atoms with Gasteiger partial charge in [0.25, 0.3) is 5.91 Å². The molecule has 3 rings (SSSR count). The van der Waals surface area contributed by atoms with Gasteiger partial charge in [-0.05, 0) is 37.3 Å². The lowest BCUT2D eigenvalue weighted by molar-refractivity contribution is -0.141. The van der Waals surface area contributed by atoms with E-state index in [0.29, 0.717) is 5.92 Å². The summed E-state index contributed by atoms with van der Waals surface area (Å²) in [5, 5.41) is 0. The summed E-state index contributed by atoms with van der Waals surface area (Å²) in [6.07, 6.45) is 3.14. The predicted octanol–water partition coefficient (Wildman–Crippen LogP) is 1.80. The van der Waals surface area contributed by atoms with Gasteiger partial charge in [0, 0.05) is 27.2 Å². The number of hydrogen-bond donors (Lipinski definition) is 0. The maximum atomic E-state index is 12.1. The minimum absolute atomic E-state index is 0.116. The normalized spacial score (nSPS) is 28.4. The van der Waals surface area contributed by atoms with Crippen molar-refractivity contribution in [3.63, 3.8) is 0 Å². The van der Waals surface area contributed by atoms with Gasteiger partial charge in [0.2, 0.25) is 0 Å². The smallest absolute Gasteiger partial charge is 0.251 e. The molecule has 0 saturated carbocycles. The van der Waals surface area contributed by atoms with Gasteiger partial charge in [-0.15, -0.1) is 0 Å². The van der Waals surface area contributed by atoms with Crippen LogP contribution in [0.5, 0.6) is 0 Å². The highest BCUT2D eigenvalue weighted by atomic mass is 16.5. The van der Waals surface area contributed by atoms with Crippen LogP contribution >= 0.6 is 0 Å². The van der Waals surface area contributed by atoms with Crippen molar-refractivity contribution in [1.82, 2.24) is 9.80 Å². The van der Waals surface area contributed by atoms with Crippen molar-refractivity contribution in [3.05, 3.63) is 35.9 Å². The Morgan fingerprint density at radius 3 is 2.82 bits per heavy atom. The predicted molar refractivity (Wildman–Crippen MR) is 86.7 cm³/mol. The zero-order valence-corrected chi connectivity index (χ0v) is 13.6. The number of ether oxygens (including phenoxy) is 1. The summed E-state index contributed by atoms with van der Waals surface area (Å²) in [6, 6.07) is 10.6. The molecule has 0 N–H and O–H groups in total. The van der Waals surface area contributed by atoms with E-state index in [0.717, 1.165) is 38.9 Å². The molecule has 4 nitrogen and oxygen atoms in total. The molecule has 0 aliphatic carbocycles. The number of piperidine rings is 1. The third kappa shape index (κ3) is 3.50. The average molecular weight is 302 g/mol. The van der Waals surface area contributed by atoms with Crippen LogP contribution in [-0.2, 0) is 16.0 Å². The molecular formula is C18H26N2O2. The van der Waals surface area contributed by atoms with Gasteiger partial charge < -0.3 is 14.5 Å². The van der Waals surface area contributed by atoms with Crippen LogP contribution in [0.1, 0.15) is 18.4 Å². The number of hydrogen-bond acceptors (Lipinski definition) is 3. The molecule has 1 aromatic rings. The molecule has 2 aliphatic heterocycles. The van der Waals surface area contributed by atoms with Gasteiger partial charge in [-0.2, -0.15) is 0 Å². The fraction of sp³-hybridized carbons (Fsp3) is 0.611. The fourth-order valence-corrected chi connectivity index (χ4v) is 3.58. The van der Waals surface area contributed by atoms with Crippen molar-refractivity contribution >= 4 is 5.91 Å². The third-order valence-electron chi connectivity index (χ3n) is 4.91. The van der Waals surface area contributed by atoms with Crippen LogP contribution in [-0.4, -0.2) is 61.6 Å². The Hall–Kier alpha value is -1.39. The summed E-state index contributed by atoms with van der Waals surface area (Å²) in [4.78, 5) is 16.2. The van der Waals surface area contributed by atoms with Gasteiger partial charge in [-0.3, -0.25) is 4.79 Å². The van der Waals surface area contributed by atoms with Crippen LogP contribution in [0.2, 0.25) is 0 Å². The number of carbonyl (C=O) groups is 1. The maximum Gasteiger partial charge on any atom is 0.251 e. The van der Waals surface area contributed by atoms with E-state index in [4.69, 9.17) is 4.74 Å². The molecule has 2 aliphatic rings. The molecule has 22 heavy (non-hydrogen) atoms. The van der Waals surface area contributed by atoms with E-state index in [9.17, 15) is 4.79 Å². The van der Waals surface area contributed by atoms with Gasteiger partial charge in [0.1, 0.15) is 6.10 Å². The first kappa shape index (κ1) is 15.5. The molecule has 4 heteroatoms. The highest BCUT2D eigenvalue weighted by molar-refractivity contribution is 5.80. The second-order valence-corrected chi connectivity index (χ2v) is 6.72. The fourth-order valence-electron chi connectivity index (χ4n) is 3.58. The molecule has 0 radical (unpaired) electrons. The Labute approximate surface area is 133 Å². The first-order valence-corrected chi connectivity index (χ1v) is 8.26. The molecule has 1 amide bonds. The molecule has 0 spiro atoms. The van der Waals surface area contributed by atoms with Crippen LogP contribution in [0.25, 0.3) is 0 Å². The van der Waals surface area contributed by atoms with E-state index < -0.39 is 0 Å². The number of carbonyl (C=O) groups excluding carboxylic acids is 1. The highest BCUT2D eigenvalue weighted by Crippen LogP contribution is 2.33. The first-order chi connectivity index (χ1) is 10.6. The summed E-state index contributed by atoms with van der Waals surface area (Å²) < 4.78 is 6.04. The Balaban J connectivity index is 1.50. The number of fused-ring (bicyclic) bond motifs is 1. The Kier molecular flexibility index (Phi) is 4.79. The van der Waals surface area contributed by atoms with Gasteiger partial charge in [0.15, 0.2) is 0 Å². The minimum atomic E-state index is -0.223. The van der Waals surface area contributed by atoms with E-state index in [1.165, 1.54) is 5.56 Å². The highest BCUT2D eigenvalue weighted by Gasteiger charge is 2.42. The van der Waals surface area contributed by atoms with Crippen molar-refractivity contribution in [3.8, 4) is 0 Å². The molecule has 2 heterocycles. The summed E-state index contributed by atoms with van der Waals surface area (Å²) >= 11 is 0. The number of amides is 1. The van der Waals surface area contributed by atoms with E-state index in [1.807, 2.05) is 0 Å². The van der Waals surface area contributed by atoms with Crippen molar-refractivity contribution in [2.45, 2.75) is 31.5 Å². The second-order valence-electron chi connectivity index (χ2n) is 6.72. The summed E-state index contributed by atoms with van der Waals surface area (Å²) in [5.41, 5.74) is 1.39. The van der Waals surface area contributed by atoms with E-state index in [2.05, 4.69) is 35.2 Å². The van der Waals surface area contributed by atoms with Crippen molar-refractivity contribution in [2.24, 2.45) is 5.92 Å². The third-order valence-corrected chi connectivity index (χ3v) is 4.91. The number of rotatable bonds is 4. The summed E-state index contributed by atoms with van der Waals surface area (Å²) in [5.74, 6) is 0.673. The second kappa shape index (κ2) is 6.80. The van der Waals surface area contributed by atoms with E-state index in [1.54, 1.807) is 19.0 Å². The van der Waals surface area contributed by atoms with Gasteiger partial charge >= 0.3 is 0 Å². The molecule has 0 bridgehead atoms. The molecule has 3 atom stereocenters. The Bertz CT molecular complexity index is 503. The van der Waals surface area contributed by atoms with Crippen LogP contribution < -0.4 is 0 Å². The molecule has 0 unspecified atom stereocenters. The van der Waals surface area contributed by atoms with Crippen LogP contribution in [0.4, 0.5) is 0 Å². The van der Waals surface area contributed by atoms with Crippen LogP contribution in [0, 0.1) is 5.92 Å². The van der Waals surface area contributed by atoms with Crippen molar-refractivity contribution in [2.75, 3.05) is 33.7 Å². The molecule has 2 saturated heterocycles. The number of nitrogens with zero attached hydrogens (tertiary/aromatic N) is 2. The topological polar surface area (TPSA) is 32.8 Å². The lowest BCUT2D eigenvalue weighted by Crippen LogP contribution is -2.43. The first-order valence-electron chi connectivity index (χ1n) is 8.26. The van der Waals surface area contributed by atoms with Crippen molar-refractivity contribution < 1.29 is 9.53 Å². The summed E-state index contributed by atoms with van der Waals surface area (Å²) in [7, 11) is 3.61. The van der Waals surface area contributed by atoms with Crippen molar-refractivity contribution in [1.29, 1.82) is 0 Å². The lowest BCUT2D eigenvalue weighted by Gasteiger charge is -2.34. The standard InChI is InChI=1S/C18H26N2O2/c1-19(2)18(21)16-12-15-9-11-20(13-17(15)22-16)10-8-14-6-4-3-5-7-14/h3-7,15-17H,8-13H2,1-2H3/t15-,16+,17-/m1/s1. The average Bonchev–Trinajstić information content (AvgIpc) is 2.96. The lowest BCUT2D eigenvalue weighted by atomic mass is 9.91. The zero-order valence-electron chi connectivity index (χ0n) is 13.6. The zero-order chi connectivity index (χ0) is 15.5. The van der Waals surface area contributed by atoms with E-state index in [-0.39, 0.29) is 18.1 Å². The maximum absolute atomic E-state index is 12.1. The molecule has 1 aromatic carbocycles. The minimum Gasteiger partial charge on any atom is -0.364 e. The number of likely N-dealkylation sites (tertiary alicyclic amines) is 1. The monoisotopic (exact) mass is 302 g/mol. The molecule has 2 fully saturated rings. The Morgan fingerprint density at radius 2 is 2.09 bits per heavy atom. The van der Waals surface area contributed by atoms with Crippen LogP contribution in [0.15, 0.2) is 30.3 Å². The van der Waals surface area contributed by atoms with Gasteiger partial charge in [-0.1, -0.05) is 30.3 Å². The van der Waals surface area contributed by atoms with Gasteiger partial charge in [0.05, 0.1) is 6.10 Å². The van der Waals surface area contributed by atoms with E-state index >= 15 is 0 Å². The van der Waals surface area contributed by atoms with Crippen LogP contribution in [0.3, 0.4) is 0 Å². The summed E-state index contributed by atoms with van der Waals surface area (Å²) in [6.45, 7) is 3.16. The largest absolute Gasteiger partial charge is 0.364 e. The number of benzene rings is 1. The Morgan fingerprint density at radius 1 is 1.32 bits per heavy atom. The number of likely N-dealkylation sites (N-methyl/N-ethyl adjacent to an activating group) is 1. The molecule has 0 aromatic heterocycles. The molecular weight excluding hydrogens is 276 g/mol.